The number of halogens is 2. The van der Waals surface area contributed by atoms with Gasteiger partial charge >= 0.3 is 0 Å². The number of benzene rings is 1. The molecule has 5 heteroatoms. The maximum atomic E-state index is 12.1. The van der Waals surface area contributed by atoms with Crippen molar-refractivity contribution in [1.82, 2.24) is 4.90 Å². The zero-order chi connectivity index (χ0) is 13.8. The molecule has 0 spiro atoms. The summed E-state index contributed by atoms with van der Waals surface area (Å²) in [5.74, 6) is 0.152. The zero-order valence-corrected chi connectivity index (χ0v) is 13.0. The molecule has 0 unspecified atom stereocenters. The fourth-order valence-electron chi connectivity index (χ4n) is 2.25. The number of hydrogen-bond acceptors (Lipinski definition) is 2. The molecule has 1 saturated heterocycles. The van der Waals surface area contributed by atoms with Gasteiger partial charge < -0.3 is 10.0 Å². The van der Waals surface area contributed by atoms with Gasteiger partial charge in [-0.2, -0.15) is 0 Å². The minimum atomic E-state index is -0.244. The summed E-state index contributed by atoms with van der Waals surface area (Å²) in [7, 11) is 0. The predicted molar refractivity (Wildman–Crippen MR) is 79.3 cm³/mol. The Kier molecular flexibility index (Phi) is 5.25. The van der Waals surface area contributed by atoms with Crippen molar-refractivity contribution in [1.29, 1.82) is 0 Å². The molecule has 1 aromatic rings. The van der Waals surface area contributed by atoms with E-state index in [1.807, 2.05) is 23.1 Å². The third-order valence-electron chi connectivity index (χ3n) is 3.43. The van der Waals surface area contributed by atoms with Crippen molar-refractivity contribution in [2.24, 2.45) is 0 Å². The standard InChI is InChI=1S/C14H17BrClNO2/c15-13-3-2-11(16)9-10(13)1-4-14(19)17-7-5-12(18)6-8-17/h2-3,9,12,18H,1,4-8H2. The van der Waals surface area contributed by atoms with Gasteiger partial charge in [-0.1, -0.05) is 27.5 Å². The highest BCUT2D eigenvalue weighted by atomic mass is 79.9. The van der Waals surface area contributed by atoms with E-state index in [0.29, 0.717) is 43.8 Å². The molecule has 3 nitrogen and oxygen atoms in total. The monoisotopic (exact) mass is 345 g/mol. The summed E-state index contributed by atoms with van der Waals surface area (Å²) < 4.78 is 0.985. The number of likely N-dealkylation sites (tertiary alicyclic amines) is 1. The number of piperidine rings is 1. The predicted octanol–water partition coefficient (Wildman–Crippen LogP) is 3.02. The van der Waals surface area contributed by atoms with Crippen molar-refractivity contribution < 1.29 is 9.90 Å². The summed E-state index contributed by atoms with van der Waals surface area (Å²) in [5.41, 5.74) is 1.05. The molecule has 0 aromatic heterocycles. The van der Waals surface area contributed by atoms with E-state index < -0.39 is 0 Å². The highest BCUT2D eigenvalue weighted by Crippen LogP contribution is 2.23. The lowest BCUT2D eigenvalue weighted by Gasteiger charge is -2.29. The Morgan fingerprint density at radius 3 is 2.79 bits per heavy atom. The van der Waals surface area contributed by atoms with Gasteiger partial charge in [0.05, 0.1) is 6.10 Å². The highest BCUT2D eigenvalue weighted by molar-refractivity contribution is 9.10. The Morgan fingerprint density at radius 1 is 1.42 bits per heavy atom. The van der Waals surface area contributed by atoms with Crippen molar-refractivity contribution in [3.63, 3.8) is 0 Å². The number of aliphatic hydroxyl groups is 1. The van der Waals surface area contributed by atoms with Crippen LogP contribution in [0.1, 0.15) is 24.8 Å². The Morgan fingerprint density at radius 2 is 2.11 bits per heavy atom. The maximum Gasteiger partial charge on any atom is 0.222 e. The molecule has 0 aliphatic carbocycles. The molecule has 1 heterocycles. The normalized spacial score (nSPS) is 16.7. The Bertz CT molecular complexity index is 459. The van der Waals surface area contributed by atoms with Gasteiger partial charge in [-0.15, -0.1) is 0 Å². The van der Waals surface area contributed by atoms with E-state index in [2.05, 4.69) is 15.9 Å². The Labute approximate surface area is 126 Å². The number of nitrogens with zero attached hydrogens (tertiary/aromatic N) is 1. The third-order valence-corrected chi connectivity index (χ3v) is 4.44. The first-order valence-corrected chi connectivity index (χ1v) is 7.63. The molecule has 2 rings (SSSR count). The summed E-state index contributed by atoms with van der Waals surface area (Å²) in [6, 6.07) is 5.61. The minimum Gasteiger partial charge on any atom is -0.393 e. The largest absolute Gasteiger partial charge is 0.393 e. The fourth-order valence-corrected chi connectivity index (χ4v) is 2.89. The molecule has 0 atom stereocenters. The van der Waals surface area contributed by atoms with Crippen LogP contribution >= 0.6 is 27.5 Å². The zero-order valence-electron chi connectivity index (χ0n) is 10.6. The number of aliphatic hydroxyl groups excluding tert-OH is 1. The third kappa shape index (κ3) is 4.20. The summed E-state index contributed by atoms with van der Waals surface area (Å²) >= 11 is 9.42. The number of carbonyl (C=O) groups is 1. The van der Waals surface area contributed by atoms with Crippen LogP contribution in [0.25, 0.3) is 0 Å². The number of hydrogen-bond donors (Lipinski definition) is 1. The van der Waals surface area contributed by atoms with E-state index in [9.17, 15) is 9.90 Å². The number of amides is 1. The molecule has 0 radical (unpaired) electrons. The minimum absolute atomic E-state index is 0.152. The van der Waals surface area contributed by atoms with Crippen LogP contribution in [0.2, 0.25) is 5.02 Å². The van der Waals surface area contributed by atoms with Crippen LogP contribution in [0.5, 0.6) is 0 Å². The second-order valence-corrected chi connectivity index (χ2v) is 6.14. The van der Waals surface area contributed by atoms with Crippen LogP contribution in [0.4, 0.5) is 0 Å². The van der Waals surface area contributed by atoms with Crippen LogP contribution in [0.15, 0.2) is 22.7 Å². The fraction of sp³-hybridized carbons (Fsp3) is 0.500. The maximum absolute atomic E-state index is 12.1. The van der Waals surface area contributed by atoms with E-state index in [4.69, 9.17) is 11.6 Å². The first-order valence-electron chi connectivity index (χ1n) is 6.46. The van der Waals surface area contributed by atoms with E-state index in [-0.39, 0.29) is 12.0 Å². The van der Waals surface area contributed by atoms with Crippen molar-refractivity contribution in [2.75, 3.05) is 13.1 Å². The van der Waals surface area contributed by atoms with Crippen LogP contribution in [-0.4, -0.2) is 35.1 Å². The molecule has 1 aliphatic rings. The van der Waals surface area contributed by atoms with Gasteiger partial charge in [0.15, 0.2) is 0 Å². The highest BCUT2D eigenvalue weighted by Gasteiger charge is 2.20. The van der Waals surface area contributed by atoms with Crippen LogP contribution in [-0.2, 0) is 11.2 Å². The molecule has 0 saturated carbocycles. The average molecular weight is 347 g/mol. The second-order valence-electron chi connectivity index (χ2n) is 4.85. The van der Waals surface area contributed by atoms with E-state index in [0.717, 1.165) is 10.0 Å². The molecule has 104 valence electrons. The van der Waals surface area contributed by atoms with E-state index in [1.54, 1.807) is 0 Å². The van der Waals surface area contributed by atoms with Gasteiger partial charge in [0, 0.05) is 29.0 Å². The molecule has 19 heavy (non-hydrogen) atoms. The van der Waals surface area contributed by atoms with Gasteiger partial charge in [0.1, 0.15) is 0 Å². The number of carbonyl (C=O) groups excluding carboxylic acids is 1. The number of aryl methyl sites for hydroxylation is 1. The molecule has 0 bridgehead atoms. The van der Waals surface area contributed by atoms with Crippen molar-refractivity contribution in [3.8, 4) is 0 Å². The smallest absolute Gasteiger partial charge is 0.222 e. The van der Waals surface area contributed by atoms with Crippen molar-refractivity contribution in [2.45, 2.75) is 31.8 Å². The van der Waals surface area contributed by atoms with Gasteiger partial charge in [0.25, 0.3) is 0 Å². The molecule has 1 N–H and O–H groups in total. The summed E-state index contributed by atoms with van der Waals surface area (Å²) in [4.78, 5) is 13.9. The topological polar surface area (TPSA) is 40.5 Å². The van der Waals surface area contributed by atoms with Crippen molar-refractivity contribution >= 4 is 33.4 Å². The van der Waals surface area contributed by atoms with E-state index >= 15 is 0 Å². The first-order chi connectivity index (χ1) is 9.06. The van der Waals surface area contributed by atoms with Crippen molar-refractivity contribution in [3.05, 3.63) is 33.3 Å². The summed E-state index contributed by atoms with van der Waals surface area (Å²) in [5, 5.41) is 10.1. The quantitative estimate of drug-likeness (QED) is 0.914. The lowest BCUT2D eigenvalue weighted by atomic mass is 10.1. The lowest BCUT2D eigenvalue weighted by molar-refractivity contribution is -0.133. The number of rotatable bonds is 3. The van der Waals surface area contributed by atoms with Gasteiger partial charge in [-0.25, -0.2) is 0 Å². The molecular formula is C14H17BrClNO2. The molecule has 1 aromatic carbocycles. The lowest BCUT2D eigenvalue weighted by Crippen LogP contribution is -2.40. The van der Waals surface area contributed by atoms with Crippen LogP contribution in [0.3, 0.4) is 0 Å². The second kappa shape index (κ2) is 6.73. The Hall–Kier alpha value is -0.580. The summed E-state index contributed by atoms with van der Waals surface area (Å²) in [6.45, 7) is 1.33. The molecule has 1 aliphatic heterocycles. The van der Waals surface area contributed by atoms with Gasteiger partial charge in [-0.3, -0.25) is 4.79 Å². The molecular weight excluding hydrogens is 330 g/mol. The Balaban J connectivity index is 1.88. The van der Waals surface area contributed by atoms with Gasteiger partial charge in [0.2, 0.25) is 5.91 Å². The average Bonchev–Trinajstić information content (AvgIpc) is 2.40. The summed E-state index contributed by atoms with van der Waals surface area (Å²) in [6.07, 6.45) is 2.29. The molecule has 1 amide bonds. The van der Waals surface area contributed by atoms with E-state index in [1.165, 1.54) is 0 Å². The molecule has 1 fully saturated rings. The first kappa shape index (κ1) is 14.8. The van der Waals surface area contributed by atoms with Crippen LogP contribution < -0.4 is 0 Å². The van der Waals surface area contributed by atoms with Gasteiger partial charge in [-0.05, 0) is 43.0 Å². The SMILES string of the molecule is O=C(CCc1cc(Cl)ccc1Br)N1CCC(O)CC1. The van der Waals surface area contributed by atoms with Crippen LogP contribution in [0, 0.1) is 0 Å².